The Labute approximate surface area is 79.0 Å². The molecule has 1 aromatic carbocycles. The highest BCUT2D eigenvalue weighted by atomic mass is 35.5. The first kappa shape index (κ1) is 8.26. The van der Waals surface area contributed by atoms with Crippen LogP contribution in [0.15, 0.2) is 28.8 Å². The Balaban J connectivity index is 2.49. The van der Waals surface area contributed by atoms with E-state index in [2.05, 4.69) is 11.2 Å². The van der Waals surface area contributed by atoms with Crippen LogP contribution in [0.25, 0.3) is 11.5 Å². The van der Waals surface area contributed by atoms with E-state index in [0.717, 1.165) is 0 Å². The molecule has 0 aliphatic rings. The van der Waals surface area contributed by atoms with Crippen molar-refractivity contribution < 1.29 is 8.81 Å². The van der Waals surface area contributed by atoms with Crippen LogP contribution in [0.3, 0.4) is 0 Å². The van der Waals surface area contributed by atoms with Crippen LogP contribution in [0.2, 0.25) is 5.02 Å². The van der Waals surface area contributed by atoms with Crippen LogP contribution >= 0.6 is 11.6 Å². The maximum Gasteiger partial charge on any atom is 0.227 e. The van der Waals surface area contributed by atoms with Crippen LogP contribution in [0.1, 0.15) is 0 Å². The minimum absolute atomic E-state index is 0.0827. The van der Waals surface area contributed by atoms with E-state index in [4.69, 9.17) is 16.0 Å². The Morgan fingerprint density at radius 2 is 2.31 bits per heavy atom. The van der Waals surface area contributed by atoms with E-state index in [1.807, 2.05) is 0 Å². The van der Waals surface area contributed by atoms with Crippen molar-refractivity contribution in [2.75, 3.05) is 0 Å². The number of nitrogens with zero attached hydrogens (tertiary/aromatic N) is 1. The van der Waals surface area contributed by atoms with Crippen molar-refractivity contribution >= 4 is 11.6 Å². The van der Waals surface area contributed by atoms with Gasteiger partial charge < -0.3 is 4.42 Å². The van der Waals surface area contributed by atoms with E-state index in [1.165, 1.54) is 18.3 Å². The zero-order chi connectivity index (χ0) is 9.26. The van der Waals surface area contributed by atoms with Crippen molar-refractivity contribution in [3.63, 3.8) is 0 Å². The lowest BCUT2D eigenvalue weighted by atomic mass is 10.2. The first-order chi connectivity index (χ1) is 6.27. The Morgan fingerprint density at radius 3 is 2.92 bits per heavy atom. The minimum atomic E-state index is -0.489. The predicted molar refractivity (Wildman–Crippen MR) is 45.7 cm³/mol. The van der Waals surface area contributed by atoms with Crippen molar-refractivity contribution in [3.8, 4) is 11.5 Å². The van der Waals surface area contributed by atoms with Gasteiger partial charge in [-0.05, 0) is 18.2 Å². The van der Waals surface area contributed by atoms with E-state index < -0.39 is 5.82 Å². The number of benzene rings is 1. The summed E-state index contributed by atoms with van der Waals surface area (Å²) in [6.07, 6.45) is 3.80. The molecule has 2 rings (SSSR count). The zero-order valence-electron chi connectivity index (χ0n) is 6.42. The van der Waals surface area contributed by atoms with Crippen molar-refractivity contribution in [2.24, 2.45) is 0 Å². The fourth-order valence-electron chi connectivity index (χ4n) is 0.956. The number of aromatic nitrogens is 1. The van der Waals surface area contributed by atoms with Gasteiger partial charge in [0, 0.05) is 5.56 Å². The maximum atomic E-state index is 13.0. The van der Waals surface area contributed by atoms with Crippen molar-refractivity contribution in [3.05, 3.63) is 41.5 Å². The second-order valence-corrected chi connectivity index (χ2v) is 2.82. The predicted octanol–water partition coefficient (Wildman–Crippen LogP) is 2.93. The molecule has 0 fully saturated rings. The van der Waals surface area contributed by atoms with E-state index in [0.29, 0.717) is 11.5 Å². The quantitative estimate of drug-likeness (QED) is 0.701. The monoisotopic (exact) mass is 196 g/mol. The average molecular weight is 197 g/mol. The smallest absolute Gasteiger partial charge is 0.227 e. The summed E-state index contributed by atoms with van der Waals surface area (Å²) >= 11 is 5.51. The lowest BCUT2D eigenvalue weighted by Gasteiger charge is -1.96. The average Bonchev–Trinajstić information content (AvgIpc) is 2.62. The molecule has 0 amide bonds. The molecule has 1 aromatic heterocycles. The topological polar surface area (TPSA) is 26.0 Å². The summed E-state index contributed by atoms with van der Waals surface area (Å²) in [5.74, 6) is -0.159. The molecule has 0 saturated carbocycles. The van der Waals surface area contributed by atoms with Gasteiger partial charge >= 0.3 is 0 Å². The highest BCUT2D eigenvalue weighted by Gasteiger charge is 2.05. The van der Waals surface area contributed by atoms with Gasteiger partial charge in [0.1, 0.15) is 5.82 Å². The molecule has 13 heavy (non-hydrogen) atoms. The van der Waals surface area contributed by atoms with Crippen LogP contribution in [-0.4, -0.2) is 4.98 Å². The second kappa shape index (κ2) is 3.18. The number of hydrogen-bond donors (Lipinski definition) is 0. The third-order valence-electron chi connectivity index (χ3n) is 1.56. The van der Waals surface area contributed by atoms with Crippen LogP contribution < -0.4 is 0 Å². The second-order valence-electron chi connectivity index (χ2n) is 2.41. The molecule has 0 bridgehead atoms. The van der Waals surface area contributed by atoms with E-state index >= 15 is 0 Å². The first-order valence-electron chi connectivity index (χ1n) is 3.54. The molecular weight excluding hydrogens is 193 g/mol. The Kier molecular flexibility index (Phi) is 2.02. The lowest BCUT2D eigenvalue weighted by molar-refractivity contribution is 0.564. The Morgan fingerprint density at radius 1 is 1.46 bits per heavy atom. The summed E-state index contributed by atoms with van der Waals surface area (Å²) in [5, 5.41) is 0.0827. The van der Waals surface area contributed by atoms with Crippen LogP contribution in [0.5, 0.6) is 0 Å². The maximum absolute atomic E-state index is 13.0. The number of rotatable bonds is 1. The van der Waals surface area contributed by atoms with Crippen molar-refractivity contribution in [1.29, 1.82) is 0 Å². The Hall–Kier alpha value is -1.35. The summed E-state index contributed by atoms with van der Waals surface area (Å²) in [6.45, 7) is 0. The molecular formula is C9H4ClFNO. The molecule has 65 valence electrons. The van der Waals surface area contributed by atoms with Gasteiger partial charge in [0.25, 0.3) is 0 Å². The van der Waals surface area contributed by atoms with Gasteiger partial charge in [-0.25, -0.2) is 9.37 Å². The van der Waals surface area contributed by atoms with E-state index in [9.17, 15) is 4.39 Å². The number of oxazole rings is 1. The van der Waals surface area contributed by atoms with Gasteiger partial charge in [0.2, 0.25) is 5.89 Å². The standard InChI is InChI=1S/C9H4ClFNO/c10-7-2-1-6(5-8(7)11)9-12-3-4-13-9/h1-3,5H. The normalized spacial score (nSPS) is 10.3. The third-order valence-corrected chi connectivity index (χ3v) is 1.86. The third kappa shape index (κ3) is 1.55. The molecule has 0 atom stereocenters. The van der Waals surface area contributed by atoms with Crippen LogP contribution in [-0.2, 0) is 0 Å². The molecule has 0 N–H and O–H groups in total. The molecule has 1 heterocycles. The summed E-state index contributed by atoms with van der Waals surface area (Å²) in [4.78, 5) is 3.83. The fraction of sp³-hybridized carbons (Fsp3) is 0. The van der Waals surface area contributed by atoms with Crippen LogP contribution in [0, 0.1) is 12.1 Å². The van der Waals surface area contributed by atoms with Gasteiger partial charge in [0.05, 0.1) is 11.2 Å². The molecule has 0 unspecified atom stereocenters. The lowest BCUT2D eigenvalue weighted by Crippen LogP contribution is -1.80. The van der Waals surface area contributed by atoms with Crippen molar-refractivity contribution in [1.82, 2.24) is 4.98 Å². The molecule has 2 nitrogen and oxygen atoms in total. The first-order valence-corrected chi connectivity index (χ1v) is 3.92. The highest BCUT2D eigenvalue weighted by Crippen LogP contribution is 2.22. The molecule has 1 radical (unpaired) electrons. The van der Waals surface area contributed by atoms with Gasteiger partial charge in [-0.15, -0.1) is 0 Å². The van der Waals surface area contributed by atoms with E-state index in [1.54, 1.807) is 6.07 Å². The van der Waals surface area contributed by atoms with Gasteiger partial charge in [0.15, 0.2) is 6.26 Å². The molecule has 0 spiro atoms. The molecule has 0 saturated heterocycles. The van der Waals surface area contributed by atoms with Crippen molar-refractivity contribution in [2.45, 2.75) is 0 Å². The summed E-state index contributed by atoms with van der Waals surface area (Å²) in [5.41, 5.74) is 0.545. The summed E-state index contributed by atoms with van der Waals surface area (Å²) in [7, 11) is 0. The summed E-state index contributed by atoms with van der Waals surface area (Å²) < 4.78 is 17.8. The van der Waals surface area contributed by atoms with Gasteiger partial charge in [-0.3, -0.25) is 0 Å². The summed E-state index contributed by atoms with van der Waals surface area (Å²) in [6, 6.07) is 4.35. The zero-order valence-corrected chi connectivity index (χ0v) is 7.18. The SMILES string of the molecule is Fc1cc(-c2nc[c]o2)ccc1Cl. The van der Waals surface area contributed by atoms with Gasteiger partial charge in [-0.1, -0.05) is 11.6 Å². The largest absolute Gasteiger partial charge is 0.433 e. The fourth-order valence-corrected chi connectivity index (χ4v) is 1.07. The molecule has 0 aliphatic carbocycles. The molecule has 0 aliphatic heterocycles. The van der Waals surface area contributed by atoms with Gasteiger partial charge in [-0.2, -0.15) is 0 Å². The molecule has 4 heteroatoms. The molecule has 2 aromatic rings. The number of hydrogen-bond acceptors (Lipinski definition) is 2. The minimum Gasteiger partial charge on any atom is -0.433 e. The Bertz CT molecular complexity index is 414. The number of halogens is 2. The highest BCUT2D eigenvalue weighted by molar-refractivity contribution is 6.30. The van der Waals surface area contributed by atoms with E-state index in [-0.39, 0.29) is 5.02 Å². The van der Waals surface area contributed by atoms with Crippen LogP contribution in [0.4, 0.5) is 4.39 Å².